The second-order valence-electron chi connectivity index (χ2n) is 6.34. The van der Waals surface area contributed by atoms with E-state index in [0.717, 1.165) is 0 Å². The molecule has 1 aliphatic rings. The molecule has 2 aromatic carbocycles. The van der Waals surface area contributed by atoms with Crippen molar-refractivity contribution in [3.8, 4) is 5.75 Å². The Labute approximate surface area is 173 Å². The molecule has 0 atom stereocenters. The molecule has 1 aliphatic heterocycles. The van der Waals surface area contributed by atoms with E-state index in [1.807, 2.05) is 0 Å². The highest BCUT2D eigenvalue weighted by molar-refractivity contribution is 7.89. The first kappa shape index (κ1) is 21.3. The largest absolute Gasteiger partial charge is 0.507 e. The predicted octanol–water partition coefficient (Wildman–Crippen LogP) is 2.22. The maximum Gasteiger partial charge on any atom is 0.271 e. The summed E-state index contributed by atoms with van der Waals surface area (Å²) >= 11 is 5.91. The Morgan fingerprint density at radius 1 is 1.17 bits per heavy atom. The van der Waals surface area contributed by atoms with Crippen molar-refractivity contribution in [1.82, 2.24) is 9.73 Å². The van der Waals surface area contributed by atoms with Gasteiger partial charge in [0.1, 0.15) is 5.75 Å². The molecule has 1 fully saturated rings. The van der Waals surface area contributed by atoms with Gasteiger partial charge in [-0.05, 0) is 49.4 Å². The number of phenolic OH excluding ortho intramolecular Hbond substituents is 1. The lowest BCUT2D eigenvalue weighted by Crippen LogP contribution is -2.40. The van der Waals surface area contributed by atoms with Crippen LogP contribution in [0.5, 0.6) is 5.75 Å². The Balaban J connectivity index is 1.71. The lowest BCUT2D eigenvalue weighted by molar-refractivity contribution is 0.0730. The van der Waals surface area contributed by atoms with Gasteiger partial charge in [0.15, 0.2) is 0 Å². The topological polar surface area (TPSA) is 108 Å². The summed E-state index contributed by atoms with van der Waals surface area (Å²) in [5.41, 5.74) is 3.39. The van der Waals surface area contributed by atoms with Gasteiger partial charge in [-0.2, -0.15) is 9.41 Å². The third-order valence-corrected chi connectivity index (χ3v) is 6.55. The second-order valence-corrected chi connectivity index (χ2v) is 8.71. The monoisotopic (exact) mass is 437 g/mol. The van der Waals surface area contributed by atoms with E-state index in [2.05, 4.69) is 10.5 Å². The van der Waals surface area contributed by atoms with E-state index < -0.39 is 15.9 Å². The highest BCUT2D eigenvalue weighted by Crippen LogP contribution is 2.22. The third-order valence-electron chi connectivity index (χ3n) is 4.40. The number of nitrogens with zero attached hydrogens (tertiary/aromatic N) is 2. The fourth-order valence-corrected chi connectivity index (χ4v) is 4.35. The highest BCUT2D eigenvalue weighted by atomic mass is 35.5. The number of hydrogen-bond acceptors (Lipinski definition) is 6. The Hall–Kier alpha value is -2.46. The fraction of sp³-hybridized carbons (Fsp3) is 0.263. The summed E-state index contributed by atoms with van der Waals surface area (Å²) in [4.78, 5) is 12.4. The van der Waals surface area contributed by atoms with E-state index >= 15 is 0 Å². The first-order valence-corrected chi connectivity index (χ1v) is 10.6. The zero-order chi connectivity index (χ0) is 21.0. The number of hydrazone groups is 1. The summed E-state index contributed by atoms with van der Waals surface area (Å²) in [6.07, 6.45) is 0. The summed E-state index contributed by atoms with van der Waals surface area (Å²) in [5.74, 6) is -0.524. The number of phenols is 1. The average Bonchev–Trinajstić information content (AvgIpc) is 2.74. The minimum atomic E-state index is -3.62. The number of halogens is 1. The number of sulfonamides is 1. The molecule has 1 amide bonds. The summed E-state index contributed by atoms with van der Waals surface area (Å²) in [5, 5.41) is 14.3. The van der Waals surface area contributed by atoms with Crippen molar-refractivity contribution < 1.29 is 23.1 Å². The number of aromatic hydroxyl groups is 1. The van der Waals surface area contributed by atoms with Crippen LogP contribution in [0.3, 0.4) is 0 Å². The molecule has 29 heavy (non-hydrogen) atoms. The summed E-state index contributed by atoms with van der Waals surface area (Å²) < 4.78 is 31.8. The van der Waals surface area contributed by atoms with E-state index in [0.29, 0.717) is 42.6 Å². The number of rotatable bonds is 5. The van der Waals surface area contributed by atoms with Crippen molar-refractivity contribution >= 4 is 33.2 Å². The molecule has 154 valence electrons. The molecule has 0 aliphatic carbocycles. The predicted molar refractivity (Wildman–Crippen MR) is 109 cm³/mol. The van der Waals surface area contributed by atoms with Crippen LogP contribution < -0.4 is 5.43 Å². The van der Waals surface area contributed by atoms with Gasteiger partial charge in [-0.25, -0.2) is 13.8 Å². The Morgan fingerprint density at radius 3 is 2.48 bits per heavy atom. The van der Waals surface area contributed by atoms with Crippen LogP contribution in [-0.4, -0.2) is 55.8 Å². The van der Waals surface area contributed by atoms with Crippen LogP contribution in [0.2, 0.25) is 5.02 Å². The molecule has 0 aromatic heterocycles. The van der Waals surface area contributed by atoms with Gasteiger partial charge in [-0.3, -0.25) is 4.79 Å². The molecule has 0 spiro atoms. The first-order chi connectivity index (χ1) is 13.8. The van der Waals surface area contributed by atoms with Crippen LogP contribution >= 0.6 is 11.6 Å². The molecule has 0 radical (unpaired) electrons. The number of amides is 1. The molecule has 10 heteroatoms. The molecule has 0 bridgehead atoms. The van der Waals surface area contributed by atoms with Gasteiger partial charge in [0, 0.05) is 29.2 Å². The number of benzene rings is 2. The first-order valence-electron chi connectivity index (χ1n) is 8.80. The van der Waals surface area contributed by atoms with Crippen LogP contribution in [0.25, 0.3) is 0 Å². The SMILES string of the molecule is C/C(=N\NC(=O)c1ccc(S(=O)(=O)N2CCOCC2)cc1)c1cc(Cl)ccc1O. The average molecular weight is 438 g/mol. The minimum absolute atomic E-state index is 0.0115. The molecule has 1 saturated heterocycles. The van der Waals surface area contributed by atoms with Crippen LogP contribution in [0.1, 0.15) is 22.8 Å². The van der Waals surface area contributed by atoms with Gasteiger partial charge in [0.2, 0.25) is 10.0 Å². The Morgan fingerprint density at radius 2 is 1.83 bits per heavy atom. The van der Waals surface area contributed by atoms with Crippen LogP contribution in [0, 0.1) is 0 Å². The number of nitrogens with one attached hydrogen (secondary N) is 1. The van der Waals surface area contributed by atoms with Gasteiger partial charge in [0.05, 0.1) is 23.8 Å². The molecule has 2 aromatic rings. The number of ether oxygens (including phenoxy) is 1. The summed E-state index contributed by atoms with van der Waals surface area (Å²) in [6, 6.07) is 10.1. The molecule has 2 N–H and O–H groups in total. The zero-order valence-corrected chi connectivity index (χ0v) is 17.2. The van der Waals surface area contributed by atoms with Crippen molar-refractivity contribution in [2.45, 2.75) is 11.8 Å². The maximum atomic E-state index is 12.6. The van der Waals surface area contributed by atoms with E-state index in [4.69, 9.17) is 16.3 Å². The third kappa shape index (κ3) is 4.94. The number of hydrogen-bond donors (Lipinski definition) is 2. The fourth-order valence-electron chi connectivity index (χ4n) is 2.77. The molecular formula is C19H20ClN3O5S. The van der Waals surface area contributed by atoms with Crippen LogP contribution in [0.15, 0.2) is 52.5 Å². The van der Waals surface area contributed by atoms with E-state index in [1.54, 1.807) is 13.0 Å². The lowest BCUT2D eigenvalue weighted by Gasteiger charge is -2.26. The zero-order valence-electron chi connectivity index (χ0n) is 15.6. The Kier molecular flexibility index (Phi) is 6.53. The highest BCUT2D eigenvalue weighted by Gasteiger charge is 2.26. The number of carbonyl (C=O) groups is 1. The van der Waals surface area contributed by atoms with Crippen molar-refractivity contribution in [1.29, 1.82) is 0 Å². The second kappa shape index (κ2) is 8.91. The van der Waals surface area contributed by atoms with Crippen molar-refractivity contribution in [2.24, 2.45) is 5.10 Å². The van der Waals surface area contributed by atoms with Gasteiger partial charge in [-0.15, -0.1) is 0 Å². The normalized spacial score (nSPS) is 15.9. The van der Waals surface area contributed by atoms with E-state index in [1.165, 1.54) is 40.7 Å². The number of carbonyl (C=O) groups excluding carboxylic acids is 1. The van der Waals surface area contributed by atoms with Gasteiger partial charge in [-0.1, -0.05) is 11.6 Å². The molecule has 1 heterocycles. The molecule has 3 rings (SSSR count). The van der Waals surface area contributed by atoms with Crippen molar-refractivity contribution in [2.75, 3.05) is 26.3 Å². The standard InChI is InChI=1S/C19H20ClN3O5S/c1-13(17-12-15(20)4-7-18(17)24)21-22-19(25)14-2-5-16(6-3-14)29(26,27)23-8-10-28-11-9-23/h2-7,12,24H,8-11H2,1H3,(H,22,25)/b21-13+. The van der Waals surface area contributed by atoms with Crippen LogP contribution in [0.4, 0.5) is 0 Å². The molecule has 8 nitrogen and oxygen atoms in total. The quantitative estimate of drug-likeness (QED) is 0.550. The van der Waals surface area contributed by atoms with Crippen molar-refractivity contribution in [3.05, 3.63) is 58.6 Å². The minimum Gasteiger partial charge on any atom is -0.507 e. The van der Waals surface area contributed by atoms with E-state index in [-0.39, 0.29) is 16.2 Å². The summed E-state index contributed by atoms with van der Waals surface area (Å²) in [7, 11) is -3.62. The number of morpholine rings is 1. The Bertz CT molecular complexity index is 1030. The molecule has 0 saturated carbocycles. The maximum absolute atomic E-state index is 12.6. The lowest BCUT2D eigenvalue weighted by atomic mass is 10.1. The van der Waals surface area contributed by atoms with Crippen LogP contribution in [-0.2, 0) is 14.8 Å². The van der Waals surface area contributed by atoms with Gasteiger partial charge >= 0.3 is 0 Å². The molecular weight excluding hydrogens is 418 g/mol. The van der Waals surface area contributed by atoms with Gasteiger partial charge < -0.3 is 9.84 Å². The van der Waals surface area contributed by atoms with Gasteiger partial charge in [0.25, 0.3) is 5.91 Å². The summed E-state index contributed by atoms with van der Waals surface area (Å²) in [6.45, 7) is 2.94. The van der Waals surface area contributed by atoms with E-state index in [9.17, 15) is 18.3 Å². The molecule has 0 unspecified atom stereocenters. The smallest absolute Gasteiger partial charge is 0.271 e. The van der Waals surface area contributed by atoms with Crippen molar-refractivity contribution in [3.63, 3.8) is 0 Å².